The Bertz CT molecular complexity index is 646. The van der Waals surface area contributed by atoms with Gasteiger partial charge in [-0.25, -0.2) is 4.79 Å². The van der Waals surface area contributed by atoms with Crippen LogP contribution < -0.4 is 11.1 Å². The summed E-state index contributed by atoms with van der Waals surface area (Å²) in [6.07, 6.45) is 2.53. The maximum absolute atomic E-state index is 11.2. The van der Waals surface area contributed by atoms with Crippen molar-refractivity contribution in [1.82, 2.24) is 9.88 Å². The molecule has 1 fully saturated rings. The lowest BCUT2D eigenvalue weighted by atomic mass is 9.92. The van der Waals surface area contributed by atoms with Crippen molar-refractivity contribution in [2.75, 3.05) is 25.5 Å². The van der Waals surface area contributed by atoms with Gasteiger partial charge in [-0.1, -0.05) is 0 Å². The zero-order valence-electron chi connectivity index (χ0n) is 12.0. The summed E-state index contributed by atoms with van der Waals surface area (Å²) in [5.41, 5.74) is 2.37. The lowest BCUT2D eigenvalue weighted by molar-refractivity contribution is 0.197. The van der Waals surface area contributed by atoms with E-state index < -0.39 is 5.76 Å². The SMILES string of the molecule is CC(Nc1ccc2oc(=O)[nH]c2c1)C1CCCN(C)C1. The maximum Gasteiger partial charge on any atom is 0.417 e. The number of oxazole rings is 1. The Labute approximate surface area is 118 Å². The van der Waals surface area contributed by atoms with Gasteiger partial charge in [-0.15, -0.1) is 0 Å². The second-order valence-corrected chi connectivity index (χ2v) is 5.82. The molecule has 20 heavy (non-hydrogen) atoms. The summed E-state index contributed by atoms with van der Waals surface area (Å²) < 4.78 is 5.01. The topological polar surface area (TPSA) is 61.3 Å². The first-order chi connectivity index (χ1) is 9.61. The highest BCUT2D eigenvalue weighted by atomic mass is 16.4. The number of nitrogens with one attached hydrogen (secondary N) is 2. The zero-order chi connectivity index (χ0) is 14.1. The number of aromatic amines is 1. The van der Waals surface area contributed by atoms with Gasteiger partial charge in [-0.05, 0) is 57.5 Å². The molecule has 0 amide bonds. The Morgan fingerprint density at radius 1 is 1.50 bits per heavy atom. The number of likely N-dealkylation sites (tertiary alicyclic amines) is 1. The van der Waals surface area contributed by atoms with Crippen molar-refractivity contribution in [1.29, 1.82) is 0 Å². The standard InChI is InChI=1S/C15H21N3O2/c1-10(11-4-3-7-18(2)9-11)16-12-5-6-14-13(8-12)17-15(19)20-14/h5-6,8,10-11,16H,3-4,7,9H2,1-2H3,(H,17,19). The summed E-state index contributed by atoms with van der Waals surface area (Å²) >= 11 is 0. The first kappa shape index (κ1) is 13.2. The van der Waals surface area contributed by atoms with Crippen LogP contribution >= 0.6 is 0 Å². The molecule has 108 valence electrons. The summed E-state index contributed by atoms with van der Waals surface area (Å²) in [5.74, 6) is 0.256. The minimum atomic E-state index is -0.404. The molecule has 2 atom stereocenters. The molecular weight excluding hydrogens is 254 g/mol. The fourth-order valence-corrected chi connectivity index (χ4v) is 3.04. The summed E-state index contributed by atoms with van der Waals surface area (Å²) in [6.45, 7) is 4.57. The van der Waals surface area contributed by atoms with Crippen LogP contribution in [-0.2, 0) is 0 Å². The highest BCUT2D eigenvalue weighted by Gasteiger charge is 2.22. The van der Waals surface area contributed by atoms with E-state index in [9.17, 15) is 4.79 Å². The van der Waals surface area contributed by atoms with Gasteiger partial charge in [0.25, 0.3) is 0 Å². The van der Waals surface area contributed by atoms with E-state index in [1.807, 2.05) is 18.2 Å². The average Bonchev–Trinajstić information content (AvgIpc) is 2.78. The van der Waals surface area contributed by atoms with Gasteiger partial charge in [-0.3, -0.25) is 4.98 Å². The lowest BCUT2D eigenvalue weighted by Crippen LogP contribution is -2.39. The molecule has 1 saturated heterocycles. The molecule has 0 spiro atoms. The Hall–Kier alpha value is -1.75. The molecule has 2 heterocycles. The fourth-order valence-electron chi connectivity index (χ4n) is 3.04. The first-order valence-electron chi connectivity index (χ1n) is 7.20. The number of rotatable bonds is 3. The van der Waals surface area contributed by atoms with Gasteiger partial charge in [0.05, 0.1) is 5.52 Å². The fraction of sp³-hybridized carbons (Fsp3) is 0.533. The van der Waals surface area contributed by atoms with E-state index in [0.29, 0.717) is 17.5 Å². The molecule has 0 radical (unpaired) electrons. The smallest absolute Gasteiger partial charge is 0.408 e. The second kappa shape index (κ2) is 5.32. The van der Waals surface area contributed by atoms with E-state index in [-0.39, 0.29) is 0 Å². The van der Waals surface area contributed by atoms with Gasteiger partial charge in [0, 0.05) is 18.3 Å². The van der Waals surface area contributed by atoms with Crippen LogP contribution in [0.2, 0.25) is 0 Å². The number of aromatic nitrogens is 1. The first-order valence-corrected chi connectivity index (χ1v) is 7.20. The quantitative estimate of drug-likeness (QED) is 0.902. The summed E-state index contributed by atoms with van der Waals surface area (Å²) in [7, 11) is 2.18. The van der Waals surface area contributed by atoms with E-state index in [4.69, 9.17) is 4.42 Å². The van der Waals surface area contributed by atoms with Crippen molar-refractivity contribution >= 4 is 16.8 Å². The number of piperidine rings is 1. The number of hydrogen-bond donors (Lipinski definition) is 2. The van der Waals surface area contributed by atoms with Crippen LogP contribution in [0, 0.1) is 5.92 Å². The molecule has 2 N–H and O–H groups in total. The van der Waals surface area contributed by atoms with Gasteiger partial charge in [0.2, 0.25) is 0 Å². The van der Waals surface area contributed by atoms with Gasteiger partial charge in [0.15, 0.2) is 5.58 Å². The molecule has 5 heteroatoms. The van der Waals surface area contributed by atoms with Crippen LogP contribution in [0.1, 0.15) is 19.8 Å². The molecule has 3 rings (SSSR count). The number of nitrogens with zero attached hydrogens (tertiary/aromatic N) is 1. The van der Waals surface area contributed by atoms with E-state index in [1.165, 1.54) is 19.4 Å². The molecular formula is C15H21N3O2. The molecule has 5 nitrogen and oxygen atoms in total. The van der Waals surface area contributed by atoms with Crippen molar-refractivity contribution in [3.8, 4) is 0 Å². The molecule has 0 bridgehead atoms. The molecule has 0 aliphatic carbocycles. The van der Waals surface area contributed by atoms with Crippen LogP contribution in [-0.4, -0.2) is 36.1 Å². The van der Waals surface area contributed by atoms with Crippen molar-refractivity contribution < 1.29 is 4.42 Å². The van der Waals surface area contributed by atoms with E-state index in [2.05, 4.69) is 29.2 Å². The monoisotopic (exact) mass is 275 g/mol. The number of anilines is 1. The van der Waals surface area contributed by atoms with E-state index in [1.54, 1.807) is 0 Å². The number of hydrogen-bond acceptors (Lipinski definition) is 4. The van der Waals surface area contributed by atoms with Gasteiger partial charge >= 0.3 is 5.76 Å². The summed E-state index contributed by atoms with van der Waals surface area (Å²) in [6, 6.07) is 6.13. The molecule has 2 aromatic rings. The molecule has 1 aliphatic rings. The summed E-state index contributed by atoms with van der Waals surface area (Å²) in [4.78, 5) is 16.2. The number of benzene rings is 1. The Balaban J connectivity index is 1.73. The second-order valence-electron chi connectivity index (χ2n) is 5.82. The van der Waals surface area contributed by atoms with Crippen molar-refractivity contribution in [3.63, 3.8) is 0 Å². The van der Waals surface area contributed by atoms with Crippen molar-refractivity contribution in [2.45, 2.75) is 25.8 Å². The highest BCUT2D eigenvalue weighted by molar-refractivity contribution is 5.76. The molecule has 1 aromatic carbocycles. The largest absolute Gasteiger partial charge is 0.417 e. The molecule has 2 unspecified atom stereocenters. The Morgan fingerprint density at radius 3 is 3.15 bits per heavy atom. The van der Waals surface area contributed by atoms with Gasteiger partial charge < -0.3 is 14.6 Å². The zero-order valence-corrected chi connectivity index (χ0v) is 12.0. The Kier molecular flexibility index (Phi) is 3.53. The Morgan fingerprint density at radius 2 is 2.35 bits per heavy atom. The van der Waals surface area contributed by atoms with Crippen LogP contribution in [0.15, 0.2) is 27.4 Å². The predicted octanol–water partition coefficient (Wildman–Crippen LogP) is 2.26. The van der Waals surface area contributed by atoms with Crippen LogP contribution in [0.4, 0.5) is 5.69 Å². The molecule has 1 aliphatic heterocycles. The highest BCUT2D eigenvalue weighted by Crippen LogP contribution is 2.23. The molecule has 0 saturated carbocycles. The van der Waals surface area contributed by atoms with Gasteiger partial charge in [-0.2, -0.15) is 0 Å². The number of H-pyrrole nitrogens is 1. The third-order valence-corrected chi connectivity index (χ3v) is 4.18. The van der Waals surface area contributed by atoms with Crippen LogP contribution in [0.25, 0.3) is 11.1 Å². The van der Waals surface area contributed by atoms with Crippen molar-refractivity contribution in [3.05, 3.63) is 28.7 Å². The average molecular weight is 275 g/mol. The maximum atomic E-state index is 11.2. The third kappa shape index (κ3) is 2.72. The third-order valence-electron chi connectivity index (χ3n) is 4.18. The summed E-state index contributed by atoms with van der Waals surface area (Å²) in [5, 5.41) is 3.54. The minimum Gasteiger partial charge on any atom is -0.408 e. The van der Waals surface area contributed by atoms with Crippen LogP contribution in [0.5, 0.6) is 0 Å². The van der Waals surface area contributed by atoms with Gasteiger partial charge in [0.1, 0.15) is 0 Å². The van der Waals surface area contributed by atoms with Crippen molar-refractivity contribution in [2.24, 2.45) is 5.92 Å². The predicted molar refractivity (Wildman–Crippen MR) is 80.1 cm³/mol. The lowest BCUT2D eigenvalue weighted by Gasteiger charge is -2.34. The minimum absolute atomic E-state index is 0.404. The molecule has 1 aromatic heterocycles. The van der Waals surface area contributed by atoms with Crippen LogP contribution in [0.3, 0.4) is 0 Å². The van der Waals surface area contributed by atoms with E-state index in [0.717, 1.165) is 17.7 Å². The normalized spacial score (nSPS) is 22.0. The van der Waals surface area contributed by atoms with E-state index >= 15 is 0 Å². The number of fused-ring (bicyclic) bond motifs is 1.